The van der Waals surface area contributed by atoms with E-state index in [1.807, 2.05) is 6.92 Å². The topological polar surface area (TPSA) is 119 Å². The van der Waals surface area contributed by atoms with Gasteiger partial charge in [-0.3, -0.25) is 9.52 Å². The molecule has 9 nitrogen and oxygen atoms in total. The van der Waals surface area contributed by atoms with Crippen LogP contribution in [0.25, 0.3) is 0 Å². The monoisotopic (exact) mass is 576 g/mol. The Kier molecular flexibility index (Phi) is 11.5. The number of piperazine rings is 1. The first kappa shape index (κ1) is 31.8. The fraction of sp³-hybridized carbons (Fsp3) is 0.440. The predicted molar refractivity (Wildman–Crippen MR) is 139 cm³/mol. The molecule has 2 aromatic carbocycles. The lowest BCUT2D eigenvalue weighted by molar-refractivity contribution is -0.192. The van der Waals surface area contributed by atoms with Crippen molar-refractivity contribution in [1.29, 1.82) is 0 Å². The Morgan fingerprint density at radius 3 is 2.26 bits per heavy atom. The lowest BCUT2D eigenvalue weighted by Gasteiger charge is -2.32. The highest BCUT2D eigenvalue weighted by Gasteiger charge is 2.38. The van der Waals surface area contributed by atoms with Crippen LogP contribution in [-0.4, -0.2) is 75.7 Å². The minimum Gasteiger partial charge on any atom is -0.475 e. The fourth-order valence-corrected chi connectivity index (χ4v) is 4.88. The molecule has 1 heterocycles. The van der Waals surface area contributed by atoms with Crippen molar-refractivity contribution in [2.24, 2.45) is 0 Å². The van der Waals surface area contributed by atoms with Crippen LogP contribution in [0.4, 0.5) is 28.9 Å². The van der Waals surface area contributed by atoms with E-state index in [0.717, 1.165) is 50.8 Å². The SMILES string of the molecule is CCCCN(CC)C(=O)c1cc(NS(=O)(=O)c2ccccc2F)ccc1N1CCNCC1.O=C(O)C(F)(F)F. The maximum Gasteiger partial charge on any atom is 0.490 e. The van der Waals surface area contributed by atoms with Crippen LogP contribution in [0.5, 0.6) is 0 Å². The van der Waals surface area contributed by atoms with Crippen molar-refractivity contribution >= 4 is 33.3 Å². The van der Waals surface area contributed by atoms with E-state index in [1.165, 1.54) is 18.2 Å². The number of halogens is 4. The predicted octanol–water partition coefficient (Wildman–Crippen LogP) is 3.93. The molecule has 0 unspecified atom stereocenters. The molecule has 14 heteroatoms. The molecule has 3 rings (SSSR count). The van der Waals surface area contributed by atoms with E-state index < -0.39 is 32.9 Å². The van der Waals surface area contributed by atoms with Gasteiger partial charge in [0.2, 0.25) is 0 Å². The average molecular weight is 577 g/mol. The molecule has 0 spiro atoms. The Hall–Kier alpha value is -3.39. The summed E-state index contributed by atoms with van der Waals surface area (Å²) < 4.78 is 73.8. The summed E-state index contributed by atoms with van der Waals surface area (Å²) in [6, 6.07) is 10.2. The smallest absolute Gasteiger partial charge is 0.475 e. The highest BCUT2D eigenvalue weighted by Crippen LogP contribution is 2.28. The largest absolute Gasteiger partial charge is 0.490 e. The maximum absolute atomic E-state index is 14.1. The lowest BCUT2D eigenvalue weighted by Crippen LogP contribution is -2.44. The molecule has 1 saturated heterocycles. The third kappa shape index (κ3) is 9.10. The first-order valence-electron chi connectivity index (χ1n) is 12.3. The van der Waals surface area contributed by atoms with Crippen molar-refractivity contribution in [1.82, 2.24) is 10.2 Å². The molecule has 0 aliphatic carbocycles. The van der Waals surface area contributed by atoms with Gasteiger partial charge in [-0.25, -0.2) is 17.6 Å². The molecular formula is C25H32F4N4O5S. The normalized spacial score (nSPS) is 13.7. The number of amides is 1. The highest BCUT2D eigenvalue weighted by atomic mass is 32.2. The molecule has 39 heavy (non-hydrogen) atoms. The molecule has 0 atom stereocenters. The Bertz CT molecular complexity index is 1240. The van der Waals surface area contributed by atoms with Gasteiger partial charge in [0, 0.05) is 50.6 Å². The minimum atomic E-state index is -5.08. The van der Waals surface area contributed by atoms with Crippen molar-refractivity contribution in [3.63, 3.8) is 0 Å². The quantitative estimate of drug-likeness (QED) is 0.387. The summed E-state index contributed by atoms with van der Waals surface area (Å²) in [6.07, 6.45) is -3.22. The molecule has 0 saturated carbocycles. The van der Waals surface area contributed by atoms with Gasteiger partial charge in [0.15, 0.2) is 0 Å². The number of benzene rings is 2. The molecule has 1 aliphatic heterocycles. The molecule has 0 radical (unpaired) electrons. The van der Waals surface area contributed by atoms with Crippen LogP contribution in [0, 0.1) is 5.82 Å². The summed E-state index contributed by atoms with van der Waals surface area (Å²) in [6.45, 7) is 8.32. The Morgan fingerprint density at radius 1 is 1.10 bits per heavy atom. The number of hydrogen-bond acceptors (Lipinski definition) is 6. The fourth-order valence-electron chi connectivity index (χ4n) is 3.75. The summed E-state index contributed by atoms with van der Waals surface area (Å²) in [5.41, 5.74) is 1.45. The number of nitrogens with zero attached hydrogens (tertiary/aromatic N) is 2. The molecule has 216 valence electrons. The zero-order valence-electron chi connectivity index (χ0n) is 21.6. The standard InChI is InChI=1S/C23H31FN4O3S.C2HF3O2/c1-3-5-14-27(4-2)23(29)19-17-18(10-11-21(19)28-15-12-25-13-16-28)26-32(30,31)22-9-7-6-8-20(22)24;3-2(4,5)1(6)7/h6-11,17,25-26H,3-5,12-16H2,1-2H3;(H,6,7). The third-order valence-electron chi connectivity index (χ3n) is 5.76. The number of alkyl halides is 3. The van der Waals surface area contributed by atoms with Crippen molar-refractivity contribution in [3.05, 3.63) is 53.8 Å². The summed E-state index contributed by atoms with van der Waals surface area (Å²) in [4.78, 5) is 25.8. The van der Waals surface area contributed by atoms with Crippen LogP contribution in [0.3, 0.4) is 0 Å². The number of unbranched alkanes of at least 4 members (excludes halogenated alkanes) is 1. The van der Waals surface area contributed by atoms with E-state index in [2.05, 4.69) is 21.9 Å². The number of carboxylic acids is 1. The number of aliphatic carboxylic acids is 1. The summed E-state index contributed by atoms with van der Waals surface area (Å²) in [7, 11) is -4.14. The molecule has 0 bridgehead atoms. The number of carbonyl (C=O) groups excluding carboxylic acids is 1. The maximum atomic E-state index is 14.1. The second-order valence-corrected chi connectivity index (χ2v) is 10.2. The van der Waals surface area contributed by atoms with Gasteiger partial charge in [0.05, 0.1) is 5.56 Å². The summed E-state index contributed by atoms with van der Waals surface area (Å²) >= 11 is 0. The highest BCUT2D eigenvalue weighted by molar-refractivity contribution is 7.92. The van der Waals surface area contributed by atoms with Gasteiger partial charge in [-0.2, -0.15) is 13.2 Å². The van der Waals surface area contributed by atoms with Crippen molar-refractivity contribution in [2.75, 3.05) is 48.9 Å². The molecule has 0 aromatic heterocycles. The van der Waals surface area contributed by atoms with Crippen molar-refractivity contribution in [3.8, 4) is 0 Å². The van der Waals surface area contributed by atoms with Crippen LogP contribution >= 0.6 is 0 Å². The second-order valence-electron chi connectivity index (χ2n) is 8.55. The van der Waals surface area contributed by atoms with E-state index in [-0.39, 0.29) is 11.6 Å². The number of hydrogen-bond donors (Lipinski definition) is 3. The first-order chi connectivity index (χ1) is 18.3. The number of carboxylic acid groups (broad SMARTS) is 1. The van der Waals surface area contributed by atoms with Gasteiger partial charge in [-0.05, 0) is 43.7 Å². The van der Waals surface area contributed by atoms with Crippen LogP contribution in [0.2, 0.25) is 0 Å². The van der Waals surface area contributed by atoms with E-state index >= 15 is 0 Å². The zero-order chi connectivity index (χ0) is 29.2. The summed E-state index contributed by atoms with van der Waals surface area (Å²) in [5.74, 6) is -3.72. The van der Waals surface area contributed by atoms with Crippen molar-refractivity contribution < 1.29 is 40.7 Å². The molecule has 1 aliphatic rings. The number of rotatable bonds is 9. The van der Waals surface area contributed by atoms with E-state index in [0.29, 0.717) is 18.7 Å². The van der Waals surface area contributed by atoms with Crippen LogP contribution in [0.15, 0.2) is 47.4 Å². The molecule has 1 fully saturated rings. The number of carbonyl (C=O) groups is 2. The van der Waals surface area contributed by atoms with Crippen LogP contribution in [0.1, 0.15) is 37.0 Å². The van der Waals surface area contributed by atoms with Gasteiger partial charge >= 0.3 is 12.1 Å². The van der Waals surface area contributed by atoms with Gasteiger partial charge in [0.1, 0.15) is 10.7 Å². The number of sulfonamides is 1. The zero-order valence-corrected chi connectivity index (χ0v) is 22.4. The van der Waals surface area contributed by atoms with E-state index in [9.17, 15) is 30.8 Å². The number of anilines is 2. The van der Waals surface area contributed by atoms with E-state index in [4.69, 9.17) is 9.90 Å². The Labute approximate surface area is 224 Å². The molecular weight excluding hydrogens is 544 g/mol. The van der Waals surface area contributed by atoms with E-state index in [1.54, 1.807) is 23.1 Å². The van der Waals surface area contributed by atoms with Crippen LogP contribution in [-0.2, 0) is 14.8 Å². The van der Waals surface area contributed by atoms with Gasteiger partial charge in [-0.15, -0.1) is 0 Å². The Balaban J connectivity index is 0.000000673. The van der Waals surface area contributed by atoms with Gasteiger partial charge in [0.25, 0.3) is 15.9 Å². The van der Waals surface area contributed by atoms with Crippen LogP contribution < -0.4 is 14.9 Å². The summed E-state index contributed by atoms with van der Waals surface area (Å²) in [5, 5.41) is 10.4. The third-order valence-corrected chi connectivity index (χ3v) is 7.17. The number of nitrogens with one attached hydrogen (secondary N) is 2. The first-order valence-corrected chi connectivity index (χ1v) is 13.8. The van der Waals surface area contributed by atoms with Crippen molar-refractivity contribution in [2.45, 2.75) is 37.8 Å². The molecule has 1 amide bonds. The minimum absolute atomic E-state index is 0.138. The van der Waals surface area contributed by atoms with Gasteiger partial charge < -0.3 is 20.2 Å². The second kappa shape index (κ2) is 14.1. The molecule has 3 N–H and O–H groups in total. The lowest BCUT2D eigenvalue weighted by atomic mass is 10.1. The average Bonchev–Trinajstić information content (AvgIpc) is 2.89. The Morgan fingerprint density at radius 2 is 1.72 bits per heavy atom. The molecule has 2 aromatic rings. The van der Waals surface area contributed by atoms with Gasteiger partial charge in [-0.1, -0.05) is 25.5 Å².